The van der Waals surface area contributed by atoms with Crippen LogP contribution in [-0.2, 0) is 6.54 Å². The number of hydrogen-bond acceptors (Lipinski definition) is 3. The molecule has 6 heteroatoms. The van der Waals surface area contributed by atoms with Crippen LogP contribution in [0.25, 0.3) is 0 Å². The van der Waals surface area contributed by atoms with Gasteiger partial charge in [0.2, 0.25) is 0 Å². The van der Waals surface area contributed by atoms with Crippen molar-refractivity contribution in [2.75, 3.05) is 7.11 Å². The number of methoxy groups -OCH3 is 1. The lowest BCUT2D eigenvalue weighted by Crippen LogP contribution is -2.26. The van der Waals surface area contributed by atoms with Crippen molar-refractivity contribution in [2.24, 2.45) is 0 Å². The molecule has 0 atom stereocenters. The summed E-state index contributed by atoms with van der Waals surface area (Å²) in [7, 11) is 1.61. The fourth-order valence-electron chi connectivity index (χ4n) is 2.06. The summed E-state index contributed by atoms with van der Waals surface area (Å²) in [4.78, 5) is 16.5. The van der Waals surface area contributed by atoms with Gasteiger partial charge in [-0.3, -0.25) is 9.36 Å². The van der Waals surface area contributed by atoms with Gasteiger partial charge in [-0.05, 0) is 23.8 Å². The zero-order chi connectivity index (χ0) is 15.6. The summed E-state index contributed by atoms with van der Waals surface area (Å²) in [5, 5.41) is 0.227. The normalized spacial score (nSPS) is 11.0. The number of aromatic nitrogens is 2. The molecule has 0 bridgehead atoms. The smallest absolute Gasteiger partial charge is 0.255 e. The van der Waals surface area contributed by atoms with Crippen LogP contribution in [0.2, 0.25) is 5.15 Å². The maximum absolute atomic E-state index is 12.2. The largest absolute Gasteiger partial charge is 0.497 e. The third-order valence-electron chi connectivity index (χ3n) is 3.10. The van der Waals surface area contributed by atoms with Crippen molar-refractivity contribution in [3.63, 3.8) is 0 Å². The van der Waals surface area contributed by atoms with E-state index in [0.717, 1.165) is 15.8 Å². The molecule has 1 aromatic carbocycles. The molecule has 0 N–H and O–H groups in total. The van der Waals surface area contributed by atoms with Crippen LogP contribution in [0.15, 0.2) is 33.5 Å². The molecule has 1 heterocycles. The van der Waals surface area contributed by atoms with E-state index in [1.165, 1.54) is 6.07 Å². The van der Waals surface area contributed by atoms with Crippen LogP contribution < -0.4 is 10.3 Å². The molecule has 0 aliphatic heterocycles. The predicted molar refractivity (Wildman–Crippen MR) is 87.4 cm³/mol. The van der Waals surface area contributed by atoms with Crippen LogP contribution in [0.4, 0.5) is 0 Å². The van der Waals surface area contributed by atoms with Crippen molar-refractivity contribution in [1.82, 2.24) is 9.55 Å². The third-order valence-corrected chi connectivity index (χ3v) is 4.07. The molecule has 0 aliphatic carbocycles. The first-order valence-electron chi connectivity index (χ1n) is 6.52. The lowest BCUT2D eigenvalue weighted by atomic mass is 10.1. The zero-order valence-electron chi connectivity index (χ0n) is 12.1. The molecule has 0 spiro atoms. The molecule has 0 radical (unpaired) electrons. The number of ether oxygens (including phenoxy) is 1. The Morgan fingerprint density at radius 2 is 2.10 bits per heavy atom. The minimum atomic E-state index is -0.159. The standard InChI is InChI=1S/C15H16BrClN2O2/c1-9(2)15-18-13(17)7-14(20)19(15)8-10-6-11(21-3)4-5-12(10)16/h4-7,9H,8H2,1-3H3. The predicted octanol–water partition coefficient (Wildman–Crippen LogP) is 3.84. The molecule has 0 saturated carbocycles. The molecule has 2 aromatic rings. The molecule has 4 nitrogen and oxygen atoms in total. The quantitative estimate of drug-likeness (QED) is 0.767. The monoisotopic (exact) mass is 370 g/mol. The second-order valence-electron chi connectivity index (χ2n) is 4.97. The topological polar surface area (TPSA) is 44.1 Å². The Morgan fingerprint density at radius 3 is 2.71 bits per heavy atom. The fraction of sp³-hybridized carbons (Fsp3) is 0.333. The Morgan fingerprint density at radius 1 is 1.38 bits per heavy atom. The Labute approximate surface area is 136 Å². The van der Waals surface area contributed by atoms with Crippen molar-refractivity contribution in [3.8, 4) is 5.75 Å². The van der Waals surface area contributed by atoms with E-state index in [9.17, 15) is 4.79 Å². The highest BCUT2D eigenvalue weighted by atomic mass is 79.9. The van der Waals surface area contributed by atoms with Gasteiger partial charge in [0, 0.05) is 16.5 Å². The van der Waals surface area contributed by atoms with Crippen molar-refractivity contribution >= 4 is 27.5 Å². The van der Waals surface area contributed by atoms with E-state index in [2.05, 4.69) is 20.9 Å². The van der Waals surface area contributed by atoms with Gasteiger partial charge < -0.3 is 4.74 Å². The van der Waals surface area contributed by atoms with Gasteiger partial charge in [0.1, 0.15) is 16.7 Å². The van der Waals surface area contributed by atoms with E-state index < -0.39 is 0 Å². The summed E-state index contributed by atoms with van der Waals surface area (Å²) in [5.41, 5.74) is 0.788. The Kier molecular flexibility index (Phi) is 5.06. The maximum Gasteiger partial charge on any atom is 0.255 e. The Hall–Kier alpha value is -1.33. The third kappa shape index (κ3) is 3.66. The second-order valence-corrected chi connectivity index (χ2v) is 6.22. The van der Waals surface area contributed by atoms with E-state index in [4.69, 9.17) is 16.3 Å². The highest BCUT2D eigenvalue weighted by Gasteiger charge is 2.13. The first-order chi connectivity index (χ1) is 9.92. The van der Waals surface area contributed by atoms with Crippen molar-refractivity contribution in [1.29, 1.82) is 0 Å². The molecular weight excluding hydrogens is 356 g/mol. The number of hydrogen-bond donors (Lipinski definition) is 0. The van der Waals surface area contributed by atoms with Gasteiger partial charge in [0.25, 0.3) is 5.56 Å². The van der Waals surface area contributed by atoms with Gasteiger partial charge in [-0.1, -0.05) is 41.4 Å². The minimum Gasteiger partial charge on any atom is -0.497 e. The minimum absolute atomic E-state index is 0.0979. The molecule has 0 unspecified atom stereocenters. The van der Waals surface area contributed by atoms with E-state index in [0.29, 0.717) is 12.4 Å². The first-order valence-corrected chi connectivity index (χ1v) is 7.69. The summed E-state index contributed by atoms with van der Waals surface area (Å²) in [6.45, 7) is 4.37. The molecule has 0 aliphatic rings. The molecule has 0 saturated heterocycles. The van der Waals surface area contributed by atoms with Gasteiger partial charge in [0.05, 0.1) is 13.7 Å². The van der Waals surface area contributed by atoms with Crippen LogP contribution in [0, 0.1) is 0 Å². The first kappa shape index (κ1) is 16.0. The van der Waals surface area contributed by atoms with E-state index >= 15 is 0 Å². The lowest BCUT2D eigenvalue weighted by Gasteiger charge is -2.16. The molecule has 0 amide bonds. The van der Waals surface area contributed by atoms with Crippen LogP contribution in [0.3, 0.4) is 0 Å². The van der Waals surface area contributed by atoms with Crippen LogP contribution >= 0.6 is 27.5 Å². The highest BCUT2D eigenvalue weighted by Crippen LogP contribution is 2.24. The highest BCUT2D eigenvalue weighted by molar-refractivity contribution is 9.10. The van der Waals surface area contributed by atoms with Gasteiger partial charge >= 0.3 is 0 Å². The number of rotatable bonds is 4. The Bertz CT molecular complexity index is 713. The van der Waals surface area contributed by atoms with Gasteiger partial charge in [-0.25, -0.2) is 4.98 Å². The number of benzene rings is 1. The average Bonchev–Trinajstić information content (AvgIpc) is 2.43. The van der Waals surface area contributed by atoms with Crippen LogP contribution in [-0.4, -0.2) is 16.7 Å². The molecule has 21 heavy (non-hydrogen) atoms. The maximum atomic E-state index is 12.2. The van der Waals surface area contributed by atoms with Crippen molar-refractivity contribution < 1.29 is 4.74 Å². The molecule has 1 aromatic heterocycles. The van der Waals surface area contributed by atoms with Crippen LogP contribution in [0.1, 0.15) is 31.2 Å². The SMILES string of the molecule is COc1ccc(Br)c(Cn2c(C(C)C)nc(Cl)cc2=O)c1. The zero-order valence-corrected chi connectivity index (χ0v) is 14.4. The number of halogens is 2. The summed E-state index contributed by atoms with van der Waals surface area (Å²) in [6.07, 6.45) is 0. The molecule has 0 fully saturated rings. The van der Waals surface area contributed by atoms with E-state index in [-0.39, 0.29) is 16.6 Å². The van der Waals surface area contributed by atoms with Gasteiger partial charge in [0.15, 0.2) is 0 Å². The number of nitrogens with zero attached hydrogens (tertiary/aromatic N) is 2. The van der Waals surface area contributed by atoms with Crippen LogP contribution in [0.5, 0.6) is 5.75 Å². The van der Waals surface area contributed by atoms with E-state index in [1.807, 2.05) is 32.0 Å². The Balaban J connectivity index is 2.51. The summed E-state index contributed by atoms with van der Waals surface area (Å²) < 4.78 is 7.78. The molecule has 2 rings (SSSR count). The molecule has 112 valence electrons. The van der Waals surface area contributed by atoms with E-state index in [1.54, 1.807) is 11.7 Å². The molecular formula is C15H16BrClN2O2. The van der Waals surface area contributed by atoms with Gasteiger partial charge in [-0.2, -0.15) is 0 Å². The van der Waals surface area contributed by atoms with Crippen molar-refractivity contribution in [2.45, 2.75) is 26.3 Å². The fourth-order valence-corrected chi connectivity index (χ4v) is 2.62. The summed E-state index contributed by atoms with van der Waals surface area (Å²) in [5.74, 6) is 1.51. The average molecular weight is 372 g/mol. The van der Waals surface area contributed by atoms with Gasteiger partial charge in [-0.15, -0.1) is 0 Å². The lowest BCUT2D eigenvalue weighted by molar-refractivity contribution is 0.414. The summed E-state index contributed by atoms with van der Waals surface area (Å²) in [6, 6.07) is 6.99. The summed E-state index contributed by atoms with van der Waals surface area (Å²) >= 11 is 9.39. The second kappa shape index (κ2) is 6.62. The van der Waals surface area contributed by atoms with Crippen molar-refractivity contribution in [3.05, 3.63) is 55.6 Å².